The van der Waals surface area contributed by atoms with Gasteiger partial charge in [-0.2, -0.15) is 0 Å². The number of aromatic nitrogens is 1. The molecule has 0 unspecified atom stereocenters. The molecule has 3 rings (SSSR count). The van der Waals surface area contributed by atoms with E-state index in [-0.39, 0.29) is 5.78 Å². The lowest BCUT2D eigenvalue weighted by Crippen LogP contribution is -1.94. The fourth-order valence-electron chi connectivity index (χ4n) is 2.05. The molecule has 0 amide bonds. The van der Waals surface area contributed by atoms with Crippen molar-refractivity contribution in [3.05, 3.63) is 64.4 Å². The predicted octanol–water partition coefficient (Wildman–Crippen LogP) is 3.42. The highest BCUT2D eigenvalue weighted by molar-refractivity contribution is 6.30. The Morgan fingerprint density at radius 3 is 2.65 bits per heavy atom. The average Bonchev–Trinajstić information content (AvgIpc) is 2.87. The Labute approximate surface area is 104 Å². The number of rotatable bonds is 1. The molecule has 0 fully saturated rings. The number of benzene rings is 1. The summed E-state index contributed by atoms with van der Waals surface area (Å²) in [7, 11) is 0. The van der Waals surface area contributed by atoms with Crippen LogP contribution in [0.4, 0.5) is 0 Å². The molecule has 0 bridgehead atoms. The Bertz CT molecular complexity index is 607. The summed E-state index contributed by atoms with van der Waals surface area (Å²) in [6.07, 6.45) is 3.85. The Kier molecular flexibility index (Phi) is 2.37. The van der Waals surface area contributed by atoms with Gasteiger partial charge in [-0.05, 0) is 35.9 Å². The Hall–Kier alpha value is -1.80. The van der Waals surface area contributed by atoms with Crippen molar-refractivity contribution in [1.29, 1.82) is 0 Å². The van der Waals surface area contributed by atoms with Crippen LogP contribution in [0, 0.1) is 0 Å². The number of Topliss-reactive ketones (excluding diaryl/α,β-unsaturated/α-hetero) is 1. The number of hydrogen-bond acceptors (Lipinski definition) is 1. The summed E-state index contributed by atoms with van der Waals surface area (Å²) in [5.41, 5.74) is 2.59. The van der Waals surface area contributed by atoms with E-state index in [4.69, 9.17) is 11.6 Å². The van der Waals surface area contributed by atoms with E-state index in [1.165, 1.54) is 0 Å². The third-order valence-electron chi connectivity index (χ3n) is 2.91. The van der Waals surface area contributed by atoms with Crippen LogP contribution >= 0.6 is 11.6 Å². The van der Waals surface area contributed by atoms with Gasteiger partial charge in [-0.25, -0.2) is 0 Å². The summed E-state index contributed by atoms with van der Waals surface area (Å²) in [5.74, 6) is 0.116. The van der Waals surface area contributed by atoms with Crippen molar-refractivity contribution in [2.75, 3.05) is 0 Å². The highest BCUT2D eigenvalue weighted by Crippen LogP contribution is 2.23. The number of carbonyl (C=O) groups excluding carboxylic acids is 1. The molecular formula is C14H10ClNO. The first kappa shape index (κ1) is 10.4. The van der Waals surface area contributed by atoms with Gasteiger partial charge in [-0.15, -0.1) is 0 Å². The zero-order valence-electron chi connectivity index (χ0n) is 9.06. The molecule has 1 aliphatic rings. The van der Waals surface area contributed by atoms with E-state index in [2.05, 4.69) is 0 Å². The molecule has 1 aliphatic heterocycles. The van der Waals surface area contributed by atoms with Crippen molar-refractivity contribution in [3.63, 3.8) is 0 Å². The van der Waals surface area contributed by atoms with Gasteiger partial charge in [0.25, 0.3) is 0 Å². The van der Waals surface area contributed by atoms with Crippen LogP contribution in [-0.4, -0.2) is 10.4 Å². The second-order valence-corrected chi connectivity index (χ2v) is 4.51. The van der Waals surface area contributed by atoms with E-state index >= 15 is 0 Å². The van der Waals surface area contributed by atoms with Gasteiger partial charge in [0, 0.05) is 16.8 Å². The van der Waals surface area contributed by atoms with E-state index in [0.29, 0.717) is 11.6 Å². The summed E-state index contributed by atoms with van der Waals surface area (Å²) in [6.45, 7) is 0.657. The van der Waals surface area contributed by atoms with Gasteiger partial charge in [0.1, 0.15) is 0 Å². The van der Waals surface area contributed by atoms with Crippen LogP contribution in [0.15, 0.2) is 48.2 Å². The lowest BCUT2D eigenvalue weighted by molar-refractivity contribution is 0.103. The molecule has 0 saturated heterocycles. The van der Waals surface area contributed by atoms with Crippen LogP contribution in [-0.2, 0) is 6.54 Å². The van der Waals surface area contributed by atoms with Gasteiger partial charge in [0.2, 0.25) is 5.78 Å². The molecular weight excluding hydrogens is 234 g/mol. The highest BCUT2D eigenvalue weighted by atomic mass is 35.5. The molecule has 0 atom stereocenters. The third kappa shape index (κ3) is 1.81. The minimum Gasteiger partial charge on any atom is -0.340 e. The standard InChI is InChI=1S/C14H10ClNO/c15-12-5-3-10(4-6-12)8-11-9-16-7-1-2-13(16)14(11)17/h1-8H,9H2/b11-8-. The van der Waals surface area contributed by atoms with Crippen LogP contribution in [0.3, 0.4) is 0 Å². The fourth-order valence-corrected chi connectivity index (χ4v) is 2.18. The molecule has 0 aliphatic carbocycles. The van der Waals surface area contributed by atoms with Crippen molar-refractivity contribution < 1.29 is 4.79 Å². The second kappa shape index (κ2) is 3.90. The number of hydrogen-bond donors (Lipinski definition) is 0. The maximum absolute atomic E-state index is 12.0. The first-order valence-electron chi connectivity index (χ1n) is 5.40. The van der Waals surface area contributed by atoms with Gasteiger partial charge in [-0.3, -0.25) is 4.79 Å². The molecule has 2 aromatic rings. The largest absolute Gasteiger partial charge is 0.340 e. The monoisotopic (exact) mass is 243 g/mol. The van der Waals surface area contributed by atoms with Gasteiger partial charge >= 0.3 is 0 Å². The summed E-state index contributed by atoms with van der Waals surface area (Å²) in [6, 6.07) is 11.2. The molecule has 2 nitrogen and oxygen atoms in total. The highest BCUT2D eigenvalue weighted by Gasteiger charge is 2.23. The van der Waals surface area contributed by atoms with E-state index in [0.717, 1.165) is 16.8 Å². The molecule has 3 heteroatoms. The maximum Gasteiger partial charge on any atom is 0.207 e. The second-order valence-electron chi connectivity index (χ2n) is 4.07. The molecule has 1 aromatic carbocycles. The van der Waals surface area contributed by atoms with Crippen molar-refractivity contribution in [2.45, 2.75) is 6.54 Å². The summed E-state index contributed by atoms with van der Waals surface area (Å²) in [4.78, 5) is 12.0. The van der Waals surface area contributed by atoms with E-state index in [1.54, 1.807) is 0 Å². The van der Waals surface area contributed by atoms with Crippen LogP contribution in [0.5, 0.6) is 0 Å². The van der Waals surface area contributed by atoms with Crippen molar-refractivity contribution in [2.24, 2.45) is 0 Å². The Balaban J connectivity index is 1.95. The van der Waals surface area contributed by atoms with Crippen LogP contribution < -0.4 is 0 Å². The predicted molar refractivity (Wildman–Crippen MR) is 68.2 cm³/mol. The summed E-state index contributed by atoms with van der Waals surface area (Å²) < 4.78 is 1.96. The SMILES string of the molecule is O=C1/C(=C\c2ccc(Cl)cc2)Cn2cccc21. The molecule has 84 valence electrons. The van der Waals surface area contributed by atoms with E-state index < -0.39 is 0 Å². The zero-order chi connectivity index (χ0) is 11.8. The number of ketones is 1. The van der Waals surface area contributed by atoms with E-state index in [9.17, 15) is 4.79 Å². The Morgan fingerprint density at radius 2 is 1.94 bits per heavy atom. The fraction of sp³-hybridized carbons (Fsp3) is 0.0714. The quantitative estimate of drug-likeness (QED) is 0.704. The first-order valence-corrected chi connectivity index (χ1v) is 5.78. The minimum absolute atomic E-state index is 0.116. The van der Waals surface area contributed by atoms with Crippen LogP contribution in [0.25, 0.3) is 6.08 Å². The Morgan fingerprint density at radius 1 is 1.18 bits per heavy atom. The average molecular weight is 244 g/mol. The molecule has 0 N–H and O–H groups in total. The van der Waals surface area contributed by atoms with Gasteiger partial charge in [0.05, 0.1) is 12.2 Å². The minimum atomic E-state index is 0.116. The van der Waals surface area contributed by atoms with Crippen molar-refractivity contribution in [1.82, 2.24) is 4.57 Å². The maximum atomic E-state index is 12.0. The number of carbonyl (C=O) groups is 1. The number of allylic oxidation sites excluding steroid dienone is 1. The van der Waals surface area contributed by atoms with E-state index in [1.807, 2.05) is 53.2 Å². The molecule has 2 heterocycles. The van der Waals surface area contributed by atoms with Crippen molar-refractivity contribution in [3.8, 4) is 0 Å². The number of halogens is 1. The molecule has 0 spiro atoms. The third-order valence-corrected chi connectivity index (χ3v) is 3.16. The van der Waals surface area contributed by atoms with Gasteiger partial charge in [0.15, 0.2) is 0 Å². The van der Waals surface area contributed by atoms with Crippen LogP contribution in [0.1, 0.15) is 16.1 Å². The number of fused-ring (bicyclic) bond motifs is 1. The summed E-state index contributed by atoms with van der Waals surface area (Å²) in [5, 5.41) is 0.705. The first-order chi connectivity index (χ1) is 8.24. The number of nitrogens with zero attached hydrogens (tertiary/aromatic N) is 1. The molecule has 1 aromatic heterocycles. The van der Waals surface area contributed by atoms with Gasteiger partial charge in [-0.1, -0.05) is 23.7 Å². The zero-order valence-corrected chi connectivity index (χ0v) is 9.82. The van der Waals surface area contributed by atoms with Crippen LogP contribution in [0.2, 0.25) is 5.02 Å². The topological polar surface area (TPSA) is 22.0 Å². The lowest BCUT2D eigenvalue weighted by atomic mass is 10.1. The molecule has 0 saturated carbocycles. The molecule has 0 radical (unpaired) electrons. The van der Waals surface area contributed by atoms with Gasteiger partial charge < -0.3 is 4.57 Å². The molecule has 17 heavy (non-hydrogen) atoms. The normalized spacial score (nSPS) is 16.5. The summed E-state index contributed by atoms with van der Waals surface area (Å²) >= 11 is 5.82. The van der Waals surface area contributed by atoms with Crippen molar-refractivity contribution >= 4 is 23.5 Å². The smallest absolute Gasteiger partial charge is 0.207 e. The lowest BCUT2D eigenvalue weighted by Gasteiger charge is -1.97.